The fourth-order valence-corrected chi connectivity index (χ4v) is 2.55. The zero-order chi connectivity index (χ0) is 15.5. The molecule has 0 aliphatic rings. The average Bonchev–Trinajstić information content (AvgIpc) is 2.49. The highest BCUT2D eigenvalue weighted by atomic mass is 19.1. The van der Waals surface area contributed by atoms with Gasteiger partial charge in [-0.05, 0) is 49.1 Å². The van der Waals surface area contributed by atoms with Crippen LogP contribution in [0.1, 0.15) is 22.3 Å². The van der Waals surface area contributed by atoms with E-state index in [1.807, 2.05) is 38.1 Å². The molecule has 0 unspecified atom stereocenters. The Morgan fingerprint density at radius 1 is 0.952 bits per heavy atom. The van der Waals surface area contributed by atoms with Gasteiger partial charge in [0.15, 0.2) is 0 Å². The van der Waals surface area contributed by atoms with Crippen molar-refractivity contribution in [1.82, 2.24) is 0 Å². The van der Waals surface area contributed by atoms with Gasteiger partial charge in [-0.25, -0.2) is 4.39 Å². The van der Waals surface area contributed by atoms with Crippen molar-refractivity contribution in [3.8, 4) is 0 Å². The van der Waals surface area contributed by atoms with Gasteiger partial charge in [0.2, 0.25) is 0 Å². The van der Waals surface area contributed by atoms with Crippen LogP contribution in [0.5, 0.6) is 0 Å². The van der Waals surface area contributed by atoms with Gasteiger partial charge in [-0.1, -0.05) is 35.9 Å². The van der Waals surface area contributed by atoms with Crippen LogP contribution >= 0.6 is 0 Å². The summed E-state index contributed by atoms with van der Waals surface area (Å²) in [5.74, 6) is -0.302. The van der Waals surface area contributed by atoms with E-state index < -0.39 is 5.41 Å². The minimum atomic E-state index is -0.799. The van der Waals surface area contributed by atoms with Crippen molar-refractivity contribution in [2.24, 2.45) is 0 Å². The third kappa shape index (κ3) is 3.31. The lowest BCUT2D eigenvalue weighted by atomic mass is 9.76. The van der Waals surface area contributed by atoms with E-state index in [1.165, 1.54) is 12.1 Å². The summed E-state index contributed by atoms with van der Waals surface area (Å²) >= 11 is 0. The second kappa shape index (κ2) is 6.37. The first-order valence-electron chi connectivity index (χ1n) is 7.05. The van der Waals surface area contributed by atoms with Gasteiger partial charge in [-0.15, -0.1) is 0 Å². The first-order valence-corrected chi connectivity index (χ1v) is 7.05. The van der Waals surface area contributed by atoms with E-state index in [0.717, 1.165) is 22.3 Å². The second-order valence-electron chi connectivity index (χ2n) is 5.71. The van der Waals surface area contributed by atoms with Gasteiger partial charge in [0.05, 0.1) is 13.2 Å². The van der Waals surface area contributed by atoms with Gasteiger partial charge in [0.1, 0.15) is 5.82 Å². The van der Waals surface area contributed by atoms with Crippen LogP contribution in [0.25, 0.3) is 0 Å². The molecule has 21 heavy (non-hydrogen) atoms. The summed E-state index contributed by atoms with van der Waals surface area (Å²) in [6, 6.07) is 12.3. The van der Waals surface area contributed by atoms with Crippen molar-refractivity contribution in [3.05, 3.63) is 70.5 Å². The van der Waals surface area contributed by atoms with Gasteiger partial charge in [-0.2, -0.15) is 0 Å². The highest BCUT2D eigenvalue weighted by molar-refractivity contribution is 5.35. The van der Waals surface area contributed by atoms with E-state index in [1.54, 1.807) is 6.07 Å². The number of rotatable bonds is 5. The molecule has 0 bridgehead atoms. The minimum absolute atomic E-state index is 0.192. The molecule has 2 N–H and O–H groups in total. The number of halogens is 1. The third-order valence-corrected chi connectivity index (χ3v) is 4.11. The number of aryl methyl sites for hydroxylation is 2. The van der Waals surface area contributed by atoms with Gasteiger partial charge in [0, 0.05) is 5.41 Å². The second-order valence-corrected chi connectivity index (χ2v) is 5.71. The molecule has 0 atom stereocenters. The summed E-state index contributed by atoms with van der Waals surface area (Å²) in [6.07, 6.45) is 0.395. The first kappa shape index (κ1) is 15.7. The Morgan fingerprint density at radius 2 is 1.57 bits per heavy atom. The fraction of sp³-hybridized carbons (Fsp3) is 0.333. The van der Waals surface area contributed by atoms with Crippen LogP contribution in [0, 0.1) is 19.7 Å². The quantitative estimate of drug-likeness (QED) is 0.888. The van der Waals surface area contributed by atoms with Gasteiger partial charge in [0.25, 0.3) is 0 Å². The van der Waals surface area contributed by atoms with Crippen molar-refractivity contribution in [2.45, 2.75) is 25.7 Å². The topological polar surface area (TPSA) is 40.5 Å². The Hall–Kier alpha value is -1.71. The molecule has 0 saturated heterocycles. The van der Waals surface area contributed by atoms with Gasteiger partial charge < -0.3 is 10.2 Å². The summed E-state index contributed by atoms with van der Waals surface area (Å²) in [7, 11) is 0. The fourth-order valence-electron chi connectivity index (χ4n) is 2.55. The maximum atomic E-state index is 13.5. The highest BCUT2D eigenvalue weighted by Crippen LogP contribution is 2.29. The minimum Gasteiger partial charge on any atom is -0.395 e. The molecule has 0 amide bonds. The SMILES string of the molecule is Cc1ccc(C(CO)(CO)Cc2cc(F)ccc2C)cc1. The molecule has 0 aromatic heterocycles. The van der Waals surface area contributed by atoms with E-state index in [2.05, 4.69) is 0 Å². The van der Waals surface area contributed by atoms with Crippen LogP contribution in [0.3, 0.4) is 0 Å². The number of aliphatic hydroxyl groups excluding tert-OH is 2. The van der Waals surface area contributed by atoms with E-state index in [4.69, 9.17) is 0 Å². The Balaban J connectivity index is 2.42. The van der Waals surface area contributed by atoms with Crippen molar-refractivity contribution in [1.29, 1.82) is 0 Å². The predicted molar refractivity (Wildman–Crippen MR) is 81.9 cm³/mol. The molecule has 3 heteroatoms. The van der Waals surface area contributed by atoms with E-state index >= 15 is 0 Å². The number of aliphatic hydroxyl groups is 2. The van der Waals surface area contributed by atoms with Crippen LogP contribution in [0.2, 0.25) is 0 Å². The first-order chi connectivity index (χ1) is 10.0. The van der Waals surface area contributed by atoms with E-state index in [9.17, 15) is 14.6 Å². The summed E-state index contributed by atoms with van der Waals surface area (Å²) in [5.41, 5.74) is 2.94. The normalized spacial score (nSPS) is 11.7. The van der Waals surface area contributed by atoms with E-state index in [-0.39, 0.29) is 19.0 Å². The van der Waals surface area contributed by atoms with Crippen molar-refractivity contribution in [2.75, 3.05) is 13.2 Å². The van der Waals surface area contributed by atoms with Crippen molar-refractivity contribution < 1.29 is 14.6 Å². The zero-order valence-corrected chi connectivity index (χ0v) is 12.4. The number of hydrogen-bond acceptors (Lipinski definition) is 2. The summed E-state index contributed by atoms with van der Waals surface area (Å²) in [4.78, 5) is 0. The molecule has 0 spiro atoms. The Morgan fingerprint density at radius 3 is 2.14 bits per heavy atom. The van der Waals surface area contributed by atoms with Crippen LogP contribution in [0.15, 0.2) is 42.5 Å². The smallest absolute Gasteiger partial charge is 0.123 e. The molecule has 0 heterocycles. The Labute approximate surface area is 124 Å². The molecular weight excluding hydrogens is 267 g/mol. The maximum absolute atomic E-state index is 13.5. The molecule has 0 fully saturated rings. The molecule has 0 saturated carbocycles. The lowest BCUT2D eigenvalue weighted by molar-refractivity contribution is 0.116. The zero-order valence-electron chi connectivity index (χ0n) is 12.4. The van der Waals surface area contributed by atoms with Crippen LogP contribution in [0.4, 0.5) is 4.39 Å². The monoisotopic (exact) mass is 288 g/mol. The lowest BCUT2D eigenvalue weighted by Gasteiger charge is -2.31. The van der Waals surface area contributed by atoms with Crippen molar-refractivity contribution >= 4 is 0 Å². The standard InChI is InChI=1S/C18H21FO2/c1-13-3-6-16(7-4-13)18(11-20,12-21)10-15-9-17(19)8-5-14(15)2/h3-9,20-21H,10-12H2,1-2H3. The molecule has 0 radical (unpaired) electrons. The maximum Gasteiger partial charge on any atom is 0.123 e. The van der Waals surface area contributed by atoms with Gasteiger partial charge in [-0.3, -0.25) is 0 Å². The molecule has 2 aromatic rings. The largest absolute Gasteiger partial charge is 0.395 e. The molecule has 112 valence electrons. The lowest BCUT2D eigenvalue weighted by Crippen LogP contribution is -2.37. The average molecular weight is 288 g/mol. The predicted octanol–water partition coefficient (Wildman–Crippen LogP) is 2.91. The van der Waals surface area contributed by atoms with Crippen LogP contribution in [-0.4, -0.2) is 23.4 Å². The third-order valence-electron chi connectivity index (χ3n) is 4.11. The van der Waals surface area contributed by atoms with Crippen LogP contribution < -0.4 is 0 Å². The van der Waals surface area contributed by atoms with Gasteiger partial charge >= 0.3 is 0 Å². The summed E-state index contributed by atoms with van der Waals surface area (Å²) in [5, 5.41) is 19.7. The molecule has 2 rings (SSSR count). The molecular formula is C18H21FO2. The van der Waals surface area contributed by atoms with E-state index in [0.29, 0.717) is 6.42 Å². The Bertz CT molecular complexity index is 601. The summed E-state index contributed by atoms with van der Waals surface area (Å²) < 4.78 is 13.5. The number of benzene rings is 2. The molecule has 2 aromatic carbocycles. The molecule has 0 aliphatic carbocycles. The van der Waals surface area contributed by atoms with Crippen molar-refractivity contribution in [3.63, 3.8) is 0 Å². The summed E-state index contributed by atoms with van der Waals surface area (Å²) in [6.45, 7) is 3.51. The highest BCUT2D eigenvalue weighted by Gasteiger charge is 2.32. The van der Waals surface area contributed by atoms with Crippen LogP contribution in [-0.2, 0) is 11.8 Å². The number of hydrogen-bond donors (Lipinski definition) is 2. The Kier molecular flexibility index (Phi) is 4.76. The molecule has 2 nitrogen and oxygen atoms in total. The molecule has 0 aliphatic heterocycles.